The molecule has 2 fully saturated rings. The Labute approximate surface area is 174 Å². The fourth-order valence-electron chi connectivity index (χ4n) is 4.49. The molecule has 1 heterocycles. The Balaban J connectivity index is 1.52. The van der Waals surface area contributed by atoms with Crippen molar-refractivity contribution < 1.29 is 13.2 Å². The average Bonchev–Trinajstić information content (AvgIpc) is 2.67. The quantitative estimate of drug-likeness (QED) is 0.399. The molecular weight excluding hydrogens is 388 g/mol. The SMILES string of the molecule is CC(=N)NC1CCC(NS(C)(=O)=O)C(CO[C@H]2CC[C@@H](c3ccccc3)CC2)N1. The summed E-state index contributed by atoms with van der Waals surface area (Å²) in [4.78, 5) is 0. The highest BCUT2D eigenvalue weighted by Gasteiger charge is 2.33. The molecule has 3 rings (SSSR count). The van der Waals surface area contributed by atoms with Crippen molar-refractivity contribution in [2.45, 2.75) is 75.7 Å². The van der Waals surface area contributed by atoms with Crippen molar-refractivity contribution in [3.63, 3.8) is 0 Å². The molecule has 0 bridgehead atoms. The van der Waals surface area contributed by atoms with Gasteiger partial charge in [-0.2, -0.15) is 0 Å². The Morgan fingerprint density at radius 2 is 1.83 bits per heavy atom. The normalized spacial score (nSPS) is 30.6. The minimum Gasteiger partial charge on any atom is -0.377 e. The minimum atomic E-state index is -3.29. The Morgan fingerprint density at radius 3 is 2.45 bits per heavy atom. The van der Waals surface area contributed by atoms with Gasteiger partial charge in [0, 0.05) is 12.1 Å². The number of benzene rings is 1. The number of hydrogen-bond donors (Lipinski definition) is 4. The second kappa shape index (κ2) is 10.0. The van der Waals surface area contributed by atoms with Gasteiger partial charge < -0.3 is 10.1 Å². The third-order valence-electron chi connectivity index (χ3n) is 5.88. The molecule has 7 nitrogen and oxygen atoms in total. The average molecular weight is 423 g/mol. The van der Waals surface area contributed by atoms with Gasteiger partial charge in [-0.05, 0) is 56.9 Å². The summed E-state index contributed by atoms with van der Waals surface area (Å²) in [5, 5.41) is 14.2. The molecule has 0 spiro atoms. The van der Waals surface area contributed by atoms with Crippen molar-refractivity contribution in [2.24, 2.45) is 0 Å². The number of hydrogen-bond acceptors (Lipinski definition) is 5. The molecule has 3 unspecified atom stereocenters. The molecular formula is C21H34N4O3S. The van der Waals surface area contributed by atoms with Crippen molar-refractivity contribution in [3.05, 3.63) is 35.9 Å². The van der Waals surface area contributed by atoms with E-state index in [0.717, 1.165) is 32.1 Å². The lowest BCUT2D eigenvalue weighted by Gasteiger charge is -2.39. The van der Waals surface area contributed by atoms with Crippen molar-refractivity contribution >= 4 is 15.9 Å². The lowest BCUT2D eigenvalue weighted by Crippen LogP contribution is -2.62. The van der Waals surface area contributed by atoms with E-state index in [1.165, 1.54) is 11.8 Å². The Hall–Kier alpha value is -1.48. The third-order valence-corrected chi connectivity index (χ3v) is 6.61. The first-order valence-electron chi connectivity index (χ1n) is 10.5. The van der Waals surface area contributed by atoms with Gasteiger partial charge in [-0.1, -0.05) is 30.3 Å². The van der Waals surface area contributed by atoms with Gasteiger partial charge in [0.15, 0.2) is 0 Å². The summed E-state index contributed by atoms with van der Waals surface area (Å²) in [6, 6.07) is 10.3. The van der Waals surface area contributed by atoms with E-state index in [-0.39, 0.29) is 24.4 Å². The van der Waals surface area contributed by atoms with E-state index in [1.807, 2.05) is 0 Å². The van der Waals surface area contributed by atoms with Crippen LogP contribution in [-0.2, 0) is 14.8 Å². The minimum absolute atomic E-state index is 0.0347. The summed E-state index contributed by atoms with van der Waals surface area (Å²) < 4.78 is 32.5. The molecule has 1 aliphatic heterocycles. The zero-order chi connectivity index (χ0) is 20.9. The van der Waals surface area contributed by atoms with Crippen LogP contribution >= 0.6 is 0 Å². The number of piperidine rings is 1. The molecule has 162 valence electrons. The lowest BCUT2D eigenvalue weighted by atomic mass is 9.83. The van der Waals surface area contributed by atoms with E-state index >= 15 is 0 Å². The molecule has 1 aromatic rings. The van der Waals surface area contributed by atoms with Gasteiger partial charge in [-0.3, -0.25) is 10.7 Å². The van der Waals surface area contributed by atoms with E-state index in [0.29, 0.717) is 24.8 Å². The first-order valence-corrected chi connectivity index (χ1v) is 12.4. The van der Waals surface area contributed by atoms with Crippen LogP contribution in [0.1, 0.15) is 56.9 Å². The van der Waals surface area contributed by atoms with Crippen LogP contribution in [0.5, 0.6) is 0 Å². The van der Waals surface area contributed by atoms with E-state index in [4.69, 9.17) is 10.1 Å². The molecule has 1 saturated heterocycles. The summed E-state index contributed by atoms with van der Waals surface area (Å²) >= 11 is 0. The largest absolute Gasteiger partial charge is 0.377 e. The zero-order valence-corrected chi connectivity index (χ0v) is 18.2. The van der Waals surface area contributed by atoms with Gasteiger partial charge in [-0.15, -0.1) is 0 Å². The van der Waals surface area contributed by atoms with E-state index in [9.17, 15) is 8.42 Å². The molecule has 1 aromatic carbocycles. The summed E-state index contributed by atoms with van der Waals surface area (Å²) in [6.07, 6.45) is 7.13. The van der Waals surface area contributed by atoms with Gasteiger partial charge in [0.25, 0.3) is 0 Å². The number of sulfonamides is 1. The molecule has 1 saturated carbocycles. The van der Waals surface area contributed by atoms with E-state index < -0.39 is 10.0 Å². The van der Waals surface area contributed by atoms with Crippen LogP contribution in [0.15, 0.2) is 30.3 Å². The second-order valence-electron chi connectivity index (χ2n) is 8.39. The predicted octanol–water partition coefficient (Wildman–Crippen LogP) is 2.31. The van der Waals surface area contributed by atoms with Crippen LogP contribution in [0.3, 0.4) is 0 Å². The molecule has 4 N–H and O–H groups in total. The molecule has 0 aromatic heterocycles. The monoisotopic (exact) mass is 422 g/mol. The maximum absolute atomic E-state index is 11.8. The van der Waals surface area contributed by atoms with Gasteiger partial charge >= 0.3 is 0 Å². The lowest BCUT2D eigenvalue weighted by molar-refractivity contribution is 0.00140. The van der Waals surface area contributed by atoms with Gasteiger partial charge in [0.05, 0.1) is 31.0 Å². The van der Waals surface area contributed by atoms with Crippen molar-refractivity contribution in [1.29, 1.82) is 5.41 Å². The predicted molar refractivity (Wildman–Crippen MR) is 116 cm³/mol. The summed E-state index contributed by atoms with van der Waals surface area (Å²) in [6.45, 7) is 2.17. The highest BCUT2D eigenvalue weighted by Crippen LogP contribution is 2.34. The topological polar surface area (TPSA) is 103 Å². The van der Waals surface area contributed by atoms with Crippen LogP contribution in [0.4, 0.5) is 0 Å². The zero-order valence-electron chi connectivity index (χ0n) is 17.4. The molecule has 2 aliphatic rings. The second-order valence-corrected chi connectivity index (χ2v) is 10.2. The molecule has 1 aliphatic carbocycles. The molecule has 3 atom stereocenters. The van der Waals surface area contributed by atoms with Crippen LogP contribution in [0, 0.1) is 5.41 Å². The maximum atomic E-state index is 11.8. The summed E-state index contributed by atoms with van der Waals surface area (Å²) in [7, 11) is -3.29. The highest BCUT2D eigenvalue weighted by atomic mass is 32.2. The van der Waals surface area contributed by atoms with Crippen LogP contribution in [-0.4, -0.2) is 51.5 Å². The third kappa shape index (κ3) is 7.06. The number of rotatable bonds is 7. The van der Waals surface area contributed by atoms with E-state index in [2.05, 4.69) is 45.7 Å². The van der Waals surface area contributed by atoms with Crippen LogP contribution < -0.4 is 15.4 Å². The number of ether oxygens (including phenoxy) is 1. The maximum Gasteiger partial charge on any atom is 0.209 e. The first kappa shape index (κ1) is 22.2. The molecule has 29 heavy (non-hydrogen) atoms. The smallest absolute Gasteiger partial charge is 0.209 e. The fraction of sp³-hybridized carbons (Fsp3) is 0.667. The number of nitrogens with one attached hydrogen (secondary N) is 4. The summed E-state index contributed by atoms with van der Waals surface area (Å²) in [5.41, 5.74) is 1.41. The number of amidine groups is 1. The summed E-state index contributed by atoms with van der Waals surface area (Å²) in [5.74, 6) is 1.00. The van der Waals surface area contributed by atoms with Gasteiger partial charge in [0.1, 0.15) is 0 Å². The Bertz CT molecular complexity index is 763. The van der Waals surface area contributed by atoms with Crippen molar-refractivity contribution in [3.8, 4) is 0 Å². The Kier molecular flexibility index (Phi) is 7.67. The van der Waals surface area contributed by atoms with Crippen molar-refractivity contribution in [1.82, 2.24) is 15.4 Å². The van der Waals surface area contributed by atoms with E-state index in [1.54, 1.807) is 6.92 Å². The standard InChI is InChI=1S/C21H34N4O3S/c1-15(22)23-21-13-12-19(25-29(2,26)27)20(24-21)14-28-18-10-8-17(9-11-18)16-6-4-3-5-7-16/h3-7,17-21,24-25H,8-14H2,1-2H3,(H2,22,23)/t17-,18+,19?,20?,21?. The van der Waals surface area contributed by atoms with Gasteiger partial charge in [-0.25, -0.2) is 13.1 Å². The van der Waals surface area contributed by atoms with Crippen LogP contribution in [0.25, 0.3) is 0 Å². The van der Waals surface area contributed by atoms with Crippen LogP contribution in [0.2, 0.25) is 0 Å². The molecule has 0 radical (unpaired) electrons. The highest BCUT2D eigenvalue weighted by molar-refractivity contribution is 7.88. The Morgan fingerprint density at radius 1 is 1.14 bits per heavy atom. The molecule has 8 heteroatoms. The van der Waals surface area contributed by atoms with Gasteiger partial charge in [0.2, 0.25) is 10.0 Å². The fourth-order valence-corrected chi connectivity index (χ4v) is 5.32. The molecule has 0 amide bonds. The first-order chi connectivity index (χ1) is 13.8. The van der Waals surface area contributed by atoms with Crippen molar-refractivity contribution in [2.75, 3.05) is 12.9 Å².